The minimum Gasteiger partial charge on any atom is -0.356 e. The van der Waals surface area contributed by atoms with Gasteiger partial charge in [-0.3, -0.25) is 9.79 Å². The fourth-order valence-electron chi connectivity index (χ4n) is 4.29. The Bertz CT molecular complexity index is 954. The Morgan fingerprint density at radius 3 is 2.50 bits per heavy atom. The number of hydrogen-bond donors (Lipinski definition) is 2. The van der Waals surface area contributed by atoms with Crippen LogP contribution in [0.3, 0.4) is 0 Å². The standard InChI is InChI=1S/C25H31ClN4O.HI/c1-27-24(29-18-25(11-12-25)21-9-6-10-22(26)16-21)28-17-19-7-5-8-20(15-19)23(31)30-13-3-2-4-14-30;/h5-10,15-16H,2-4,11-14,17-18H2,1H3,(H2,27,28,29);1H. The third-order valence-corrected chi connectivity index (χ3v) is 6.62. The number of rotatable bonds is 6. The first-order chi connectivity index (χ1) is 15.1. The topological polar surface area (TPSA) is 56.7 Å². The number of nitrogens with one attached hydrogen (secondary N) is 2. The molecular formula is C25H32ClIN4O. The summed E-state index contributed by atoms with van der Waals surface area (Å²) in [5.74, 6) is 0.905. The first-order valence-electron chi connectivity index (χ1n) is 11.2. The Kier molecular flexibility index (Phi) is 8.82. The van der Waals surface area contributed by atoms with Gasteiger partial charge in [0.25, 0.3) is 5.91 Å². The number of guanidine groups is 1. The SMILES string of the molecule is CN=C(NCc1cccc(C(=O)N2CCCCC2)c1)NCC1(c2cccc(Cl)c2)CC1.I. The van der Waals surface area contributed by atoms with Crippen LogP contribution in [0.2, 0.25) is 5.02 Å². The van der Waals surface area contributed by atoms with Gasteiger partial charge < -0.3 is 15.5 Å². The van der Waals surface area contributed by atoms with Crippen LogP contribution in [-0.2, 0) is 12.0 Å². The predicted molar refractivity (Wildman–Crippen MR) is 142 cm³/mol. The van der Waals surface area contributed by atoms with Gasteiger partial charge in [-0.2, -0.15) is 0 Å². The Hall–Kier alpha value is -1.80. The van der Waals surface area contributed by atoms with Gasteiger partial charge in [0.1, 0.15) is 0 Å². The molecule has 1 saturated heterocycles. The second kappa shape index (κ2) is 11.4. The highest BCUT2D eigenvalue weighted by atomic mass is 127. The molecule has 0 radical (unpaired) electrons. The van der Waals surface area contributed by atoms with Gasteiger partial charge in [0.2, 0.25) is 0 Å². The molecule has 0 aromatic heterocycles. The summed E-state index contributed by atoms with van der Waals surface area (Å²) in [5, 5.41) is 7.64. The highest BCUT2D eigenvalue weighted by Gasteiger charge is 2.44. The van der Waals surface area contributed by atoms with Crippen LogP contribution in [0.1, 0.15) is 53.6 Å². The zero-order valence-corrected chi connectivity index (χ0v) is 21.7. The van der Waals surface area contributed by atoms with E-state index < -0.39 is 0 Å². The van der Waals surface area contributed by atoms with Crippen molar-refractivity contribution in [2.75, 3.05) is 26.7 Å². The summed E-state index contributed by atoms with van der Waals surface area (Å²) in [4.78, 5) is 19.1. The molecular weight excluding hydrogens is 535 g/mol. The summed E-state index contributed by atoms with van der Waals surface area (Å²) in [6, 6.07) is 16.1. The lowest BCUT2D eigenvalue weighted by Crippen LogP contribution is -2.41. The van der Waals surface area contributed by atoms with E-state index in [1.165, 1.54) is 12.0 Å². The highest BCUT2D eigenvalue weighted by Crippen LogP contribution is 2.48. The van der Waals surface area contributed by atoms with E-state index in [0.29, 0.717) is 6.54 Å². The molecule has 172 valence electrons. The summed E-state index contributed by atoms with van der Waals surface area (Å²) < 4.78 is 0. The van der Waals surface area contributed by atoms with Gasteiger partial charge >= 0.3 is 0 Å². The van der Waals surface area contributed by atoms with Gasteiger partial charge in [0, 0.05) is 49.2 Å². The Morgan fingerprint density at radius 1 is 1.06 bits per heavy atom. The summed E-state index contributed by atoms with van der Waals surface area (Å²) in [7, 11) is 1.78. The summed E-state index contributed by atoms with van der Waals surface area (Å²) in [5.41, 5.74) is 3.26. The molecule has 4 rings (SSSR count). The minimum atomic E-state index is 0. The average molecular weight is 567 g/mol. The predicted octanol–water partition coefficient (Wildman–Crippen LogP) is 4.98. The molecule has 2 aliphatic rings. The number of piperidine rings is 1. The fourth-order valence-corrected chi connectivity index (χ4v) is 4.48. The Morgan fingerprint density at radius 2 is 1.81 bits per heavy atom. The Labute approximate surface area is 213 Å². The van der Waals surface area contributed by atoms with Crippen molar-refractivity contribution in [3.63, 3.8) is 0 Å². The van der Waals surface area contributed by atoms with Gasteiger partial charge in [0.15, 0.2) is 5.96 Å². The number of benzene rings is 2. The van der Waals surface area contributed by atoms with Gasteiger partial charge in [0.05, 0.1) is 0 Å². The van der Waals surface area contributed by atoms with E-state index in [4.69, 9.17) is 11.6 Å². The van der Waals surface area contributed by atoms with E-state index in [9.17, 15) is 4.79 Å². The zero-order valence-electron chi connectivity index (χ0n) is 18.6. The molecule has 0 atom stereocenters. The van der Waals surface area contributed by atoms with E-state index >= 15 is 0 Å². The maximum absolute atomic E-state index is 12.8. The first-order valence-corrected chi connectivity index (χ1v) is 11.6. The van der Waals surface area contributed by atoms with Gasteiger partial charge in [-0.15, -0.1) is 24.0 Å². The summed E-state index contributed by atoms with van der Waals surface area (Å²) in [6.45, 7) is 3.17. The lowest BCUT2D eigenvalue weighted by Gasteiger charge is -2.26. The van der Waals surface area contributed by atoms with Crippen molar-refractivity contribution in [1.29, 1.82) is 0 Å². The van der Waals surface area contributed by atoms with Crippen molar-refractivity contribution < 1.29 is 4.79 Å². The molecule has 1 saturated carbocycles. The minimum absolute atomic E-state index is 0. The second-order valence-corrected chi connectivity index (χ2v) is 9.06. The van der Waals surface area contributed by atoms with Crippen molar-refractivity contribution in [2.24, 2.45) is 4.99 Å². The molecule has 2 aromatic carbocycles. The third kappa shape index (κ3) is 6.16. The fraction of sp³-hybridized carbons (Fsp3) is 0.440. The molecule has 1 aliphatic carbocycles. The molecule has 0 unspecified atom stereocenters. The smallest absolute Gasteiger partial charge is 0.253 e. The van der Waals surface area contributed by atoms with E-state index in [1.54, 1.807) is 7.05 Å². The average Bonchev–Trinajstić information content (AvgIpc) is 3.61. The normalized spacial score (nSPS) is 17.3. The number of amides is 1. The molecule has 0 spiro atoms. The van der Waals surface area contributed by atoms with Crippen LogP contribution in [0, 0.1) is 0 Å². The van der Waals surface area contributed by atoms with E-state index in [1.807, 2.05) is 41.3 Å². The van der Waals surface area contributed by atoms with Crippen LogP contribution in [0.4, 0.5) is 0 Å². The van der Waals surface area contributed by atoms with Crippen molar-refractivity contribution in [3.8, 4) is 0 Å². The van der Waals surface area contributed by atoms with Gasteiger partial charge in [-0.1, -0.05) is 35.9 Å². The van der Waals surface area contributed by atoms with Crippen molar-refractivity contribution in [3.05, 3.63) is 70.2 Å². The lowest BCUT2D eigenvalue weighted by atomic mass is 9.96. The second-order valence-electron chi connectivity index (χ2n) is 8.62. The number of carbonyl (C=O) groups is 1. The van der Waals surface area contributed by atoms with Gasteiger partial charge in [-0.25, -0.2) is 0 Å². The largest absolute Gasteiger partial charge is 0.356 e. The number of nitrogens with zero attached hydrogens (tertiary/aromatic N) is 2. The number of aliphatic imine (C=N–C) groups is 1. The number of carbonyl (C=O) groups excluding carboxylic acids is 1. The summed E-state index contributed by atoms with van der Waals surface area (Å²) in [6.07, 6.45) is 5.73. The molecule has 1 amide bonds. The van der Waals surface area contributed by atoms with Crippen molar-refractivity contribution >= 4 is 47.4 Å². The summed E-state index contributed by atoms with van der Waals surface area (Å²) >= 11 is 6.19. The van der Waals surface area contributed by atoms with E-state index in [2.05, 4.69) is 27.8 Å². The lowest BCUT2D eigenvalue weighted by molar-refractivity contribution is 0.0724. The maximum Gasteiger partial charge on any atom is 0.253 e. The molecule has 1 aliphatic heterocycles. The van der Waals surface area contributed by atoms with Crippen molar-refractivity contribution in [2.45, 2.75) is 44.1 Å². The molecule has 2 N–H and O–H groups in total. The molecule has 0 bridgehead atoms. The van der Waals surface area contributed by atoms with Crippen molar-refractivity contribution in [1.82, 2.24) is 15.5 Å². The van der Waals surface area contributed by atoms with E-state index in [0.717, 1.165) is 67.4 Å². The molecule has 1 heterocycles. The maximum atomic E-state index is 12.8. The quantitative estimate of drug-likeness (QED) is 0.295. The third-order valence-electron chi connectivity index (χ3n) is 6.39. The van der Waals surface area contributed by atoms with Gasteiger partial charge in [-0.05, 0) is 67.5 Å². The number of hydrogen-bond acceptors (Lipinski definition) is 2. The Balaban J connectivity index is 0.00000289. The van der Waals surface area contributed by atoms with Crippen LogP contribution in [0.25, 0.3) is 0 Å². The highest BCUT2D eigenvalue weighted by molar-refractivity contribution is 14.0. The molecule has 2 aromatic rings. The molecule has 32 heavy (non-hydrogen) atoms. The van der Waals surface area contributed by atoms with Crippen LogP contribution >= 0.6 is 35.6 Å². The van der Waals surface area contributed by atoms with Crippen LogP contribution in [0.15, 0.2) is 53.5 Å². The monoisotopic (exact) mass is 566 g/mol. The molecule has 5 nitrogen and oxygen atoms in total. The number of likely N-dealkylation sites (tertiary alicyclic amines) is 1. The zero-order chi connectivity index (χ0) is 21.7. The molecule has 7 heteroatoms. The number of halogens is 2. The van der Waals surface area contributed by atoms with Crippen LogP contribution in [-0.4, -0.2) is 43.4 Å². The van der Waals surface area contributed by atoms with Crippen LogP contribution < -0.4 is 10.6 Å². The van der Waals surface area contributed by atoms with E-state index in [-0.39, 0.29) is 35.3 Å². The molecule has 2 fully saturated rings. The first kappa shape index (κ1) is 24.8. The van der Waals surface area contributed by atoms with Crippen LogP contribution in [0.5, 0.6) is 0 Å².